The van der Waals surface area contributed by atoms with Crippen molar-refractivity contribution in [3.05, 3.63) is 70.3 Å². The number of carbonyl (C=O) groups excluding carboxylic acids is 1. The Morgan fingerprint density at radius 3 is 2.10 bits per heavy atom. The number of epoxide rings is 1. The van der Waals surface area contributed by atoms with Crippen LogP contribution in [0, 0.1) is 56.3 Å². The highest BCUT2D eigenvalue weighted by Crippen LogP contribution is 2.47. The molecule has 48 heavy (non-hydrogen) atoms. The molecule has 0 amide bonds. The normalized spacial score (nSPS) is 38.9. The molecule has 5 rings (SSSR count). The van der Waals surface area contributed by atoms with Gasteiger partial charge in [0.2, 0.25) is 0 Å². The van der Waals surface area contributed by atoms with E-state index in [4.69, 9.17) is 23.7 Å². The van der Waals surface area contributed by atoms with Crippen molar-refractivity contribution in [1.82, 2.24) is 0 Å². The summed E-state index contributed by atoms with van der Waals surface area (Å²) < 4.78 is 32.3. The molecule has 3 fully saturated rings. The second kappa shape index (κ2) is 14.9. The summed E-state index contributed by atoms with van der Waals surface area (Å²) in [6.07, 6.45) is -3.72. The topological polar surface area (TPSA) is 107 Å². The second-order valence-corrected chi connectivity index (χ2v) is 15.4. The average molecular weight is 667 g/mol. The lowest BCUT2D eigenvalue weighted by Crippen LogP contribution is -2.53. The van der Waals surface area contributed by atoms with E-state index < -0.39 is 54.1 Å². The van der Waals surface area contributed by atoms with Crippen molar-refractivity contribution in [3.8, 4) is 0 Å². The number of aliphatic hydroxyl groups is 2. The van der Waals surface area contributed by atoms with Crippen molar-refractivity contribution < 1.29 is 38.7 Å². The molecule has 2 aromatic rings. The first-order valence-corrected chi connectivity index (χ1v) is 17.9. The number of benzene rings is 2. The molecule has 266 valence electrons. The Morgan fingerprint density at radius 1 is 0.896 bits per heavy atom. The molecule has 3 heterocycles. The lowest BCUT2D eigenvalue weighted by atomic mass is 9.74. The van der Waals surface area contributed by atoms with E-state index in [1.807, 2.05) is 65.0 Å². The van der Waals surface area contributed by atoms with Gasteiger partial charge in [0.15, 0.2) is 6.29 Å². The summed E-state index contributed by atoms with van der Waals surface area (Å²) >= 11 is 0. The quantitative estimate of drug-likeness (QED) is 0.262. The van der Waals surface area contributed by atoms with Crippen LogP contribution in [0.5, 0.6) is 0 Å². The maximum atomic E-state index is 14.2. The van der Waals surface area contributed by atoms with Gasteiger partial charge in [-0.3, -0.25) is 4.79 Å². The number of hydrogen-bond acceptors (Lipinski definition) is 8. The van der Waals surface area contributed by atoms with Crippen molar-refractivity contribution in [2.45, 2.75) is 131 Å². The van der Waals surface area contributed by atoms with E-state index >= 15 is 0 Å². The van der Waals surface area contributed by atoms with Crippen molar-refractivity contribution in [2.75, 3.05) is 6.61 Å². The zero-order chi connectivity index (χ0) is 35.1. The first-order chi connectivity index (χ1) is 22.6. The molecule has 0 unspecified atom stereocenters. The summed E-state index contributed by atoms with van der Waals surface area (Å²) in [6, 6.07) is 14.2. The van der Waals surface area contributed by atoms with Crippen LogP contribution in [0.3, 0.4) is 0 Å². The van der Waals surface area contributed by atoms with Crippen molar-refractivity contribution in [3.63, 3.8) is 0 Å². The molecule has 0 aliphatic carbocycles. The van der Waals surface area contributed by atoms with Gasteiger partial charge in [-0.2, -0.15) is 0 Å². The van der Waals surface area contributed by atoms with E-state index in [9.17, 15) is 15.0 Å². The Labute approximate surface area is 287 Å². The number of aryl methyl sites for hydroxylation is 3. The Kier molecular flexibility index (Phi) is 11.4. The number of hydrogen-bond donors (Lipinski definition) is 2. The van der Waals surface area contributed by atoms with E-state index in [1.165, 1.54) is 5.56 Å². The molecule has 14 atom stereocenters. The third kappa shape index (κ3) is 7.54. The summed E-state index contributed by atoms with van der Waals surface area (Å²) in [7, 11) is 0. The lowest BCUT2D eigenvalue weighted by Gasteiger charge is -2.47. The monoisotopic (exact) mass is 666 g/mol. The van der Waals surface area contributed by atoms with Gasteiger partial charge in [0, 0.05) is 29.2 Å². The number of carbonyl (C=O) groups is 1. The lowest BCUT2D eigenvalue weighted by molar-refractivity contribution is -0.291. The maximum absolute atomic E-state index is 14.2. The number of esters is 1. The highest BCUT2D eigenvalue weighted by molar-refractivity contribution is 5.73. The van der Waals surface area contributed by atoms with Crippen LogP contribution in [0.4, 0.5) is 0 Å². The van der Waals surface area contributed by atoms with Gasteiger partial charge < -0.3 is 33.9 Å². The molecule has 0 saturated carbocycles. The van der Waals surface area contributed by atoms with Crippen LogP contribution in [0.25, 0.3) is 0 Å². The molecule has 3 aliphatic heterocycles. The van der Waals surface area contributed by atoms with E-state index in [-0.39, 0.29) is 35.9 Å². The summed E-state index contributed by atoms with van der Waals surface area (Å²) in [5.41, 5.74) is 4.58. The third-order valence-electron chi connectivity index (χ3n) is 11.7. The van der Waals surface area contributed by atoms with Gasteiger partial charge in [-0.15, -0.1) is 0 Å². The summed E-state index contributed by atoms with van der Waals surface area (Å²) in [5, 5.41) is 23.5. The molecule has 8 nitrogen and oxygen atoms in total. The molecular formula is C40H58O8. The molecule has 8 heteroatoms. The number of aliphatic hydroxyl groups excluding tert-OH is 2. The Hall–Kier alpha value is -2.33. The van der Waals surface area contributed by atoms with Crippen LogP contribution in [-0.4, -0.2) is 65.0 Å². The molecular weight excluding hydrogens is 608 g/mol. The van der Waals surface area contributed by atoms with Crippen molar-refractivity contribution in [2.24, 2.45) is 35.5 Å². The van der Waals surface area contributed by atoms with Gasteiger partial charge in [-0.1, -0.05) is 82.6 Å². The van der Waals surface area contributed by atoms with Gasteiger partial charge in [-0.05, 0) is 63.6 Å². The van der Waals surface area contributed by atoms with E-state index in [0.717, 1.165) is 22.3 Å². The van der Waals surface area contributed by atoms with E-state index in [1.54, 1.807) is 0 Å². The predicted molar refractivity (Wildman–Crippen MR) is 184 cm³/mol. The zero-order valence-electron chi connectivity index (χ0n) is 30.5. The molecule has 0 aromatic heterocycles. The van der Waals surface area contributed by atoms with Crippen LogP contribution < -0.4 is 0 Å². The molecule has 3 saturated heterocycles. The Balaban J connectivity index is 1.49. The van der Waals surface area contributed by atoms with Crippen LogP contribution >= 0.6 is 0 Å². The smallest absolute Gasteiger partial charge is 0.311 e. The van der Waals surface area contributed by atoms with Gasteiger partial charge >= 0.3 is 5.97 Å². The first-order valence-electron chi connectivity index (χ1n) is 17.9. The summed E-state index contributed by atoms with van der Waals surface area (Å²) in [6.45, 7) is 20.9. The number of rotatable bonds is 6. The molecule has 1 spiro atoms. The predicted octanol–water partition coefficient (Wildman–Crippen LogP) is 6.62. The van der Waals surface area contributed by atoms with Crippen molar-refractivity contribution in [1.29, 1.82) is 0 Å². The largest absolute Gasteiger partial charge is 0.461 e. The molecule has 2 bridgehead atoms. The minimum atomic E-state index is -0.959. The minimum absolute atomic E-state index is 0.0274. The Bertz CT molecular complexity index is 1370. The summed E-state index contributed by atoms with van der Waals surface area (Å²) in [4.78, 5) is 14.2. The van der Waals surface area contributed by atoms with E-state index in [2.05, 4.69) is 46.8 Å². The number of ether oxygens (including phenoxy) is 5. The molecule has 3 aliphatic rings. The van der Waals surface area contributed by atoms with Crippen molar-refractivity contribution >= 4 is 5.97 Å². The van der Waals surface area contributed by atoms with Gasteiger partial charge in [-0.25, -0.2) is 0 Å². The van der Waals surface area contributed by atoms with Crippen LogP contribution in [0.2, 0.25) is 0 Å². The minimum Gasteiger partial charge on any atom is -0.461 e. The van der Waals surface area contributed by atoms with Crippen LogP contribution in [-0.2, 0) is 35.1 Å². The van der Waals surface area contributed by atoms with E-state index in [0.29, 0.717) is 19.6 Å². The third-order valence-corrected chi connectivity index (χ3v) is 11.7. The standard InChI is InChI=1S/C40H58O8/c1-21-16-22(2)32(23(3)17-21)39-47-34-24(4)18-40(20-45-40)37(42)27(7)33(41)26(6)35(46-38(43)29(9)36(48-39)28(34)8)25(5)30(10)44-19-31-14-12-11-13-15-31/h11-17,24-30,33-37,39,41-42H,18-20H2,1-10H3/t24-,25-,26+,27+,28+,29+,30-,33-,34-,35+,36-,37+,39-,40+/m0/s1. The maximum Gasteiger partial charge on any atom is 0.311 e. The highest BCUT2D eigenvalue weighted by Gasteiger charge is 2.57. The van der Waals surface area contributed by atoms with Gasteiger partial charge in [0.05, 0.1) is 49.7 Å². The highest BCUT2D eigenvalue weighted by atomic mass is 16.7. The second-order valence-electron chi connectivity index (χ2n) is 15.4. The fraction of sp³-hybridized carbons (Fsp3) is 0.675. The molecule has 0 radical (unpaired) electrons. The average Bonchev–Trinajstić information content (AvgIpc) is 3.84. The zero-order valence-corrected chi connectivity index (χ0v) is 30.5. The Morgan fingerprint density at radius 2 is 1.50 bits per heavy atom. The number of fused-ring (bicyclic) bond motifs is 2. The SMILES string of the molecule is Cc1cc(C)c([C@H]2O[C@@H]3[C@@H](C)[C@H](O2)[C@@H](C)C(=O)O[C@H]([C@@H](C)[C@H](C)OCc2ccccc2)[C@H](C)[C@H](O)[C@@H](C)[C@@H](O)[C@]2(CO2)C[C@@H]3C)c(C)c1. The fourth-order valence-corrected chi connectivity index (χ4v) is 8.47. The first kappa shape index (κ1) is 36.9. The van der Waals surface area contributed by atoms with Crippen LogP contribution in [0.1, 0.15) is 89.0 Å². The fourth-order valence-electron chi connectivity index (χ4n) is 8.47. The van der Waals surface area contributed by atoms with Crippen LogP contribution in [0.15, 0.2) is 42.5 Å². The van der Waals surface area contributed by atoms with Gasteiger partial charge in [0.1, 0.15) is 11.7 Å². The number of cyclic esters (lactones) is 1. The molecule has 2 aromatic carbocycles. The summed E-state index contributed by atoms with van der Waals surface area (Å²) in [5.74, 6) is -2.45. The molecule has 2 N–H and O–H groups in total. The van der Waals surface area contributed by atoms with Gasteiger partial charge in [0.25, 0.3) is 0 Å².